The molecule has 0 fully saturated rings. The van der Waals surface area contributed by atoms with Crippen LogP contribution in [0.2, 0.25) is 0 Å². The molecule has 3 N–H and O–H groups in total. The number of nitrogens with two attached hydrogens (primary N) is 1. The van der Waals surface area contributed by atoms with Crippen LogP contribution in [0.25, 0.3) is 10.4 Å². The van der Waals surface area contributed by atoms with Crippen LogP contribution < -0.4 is 5.73 Å². The van der Waals surface area contributed by atoms with Gasteiger partial charge in [-0.3, -0.25) is 9.89 Å². The molecule has 2 heterocycles. The number of sulfone groups is 2. The molecule has 0 aliphatic heterocycles. The van der Waals surface area contributed by atoms with E-state index in [0.717, 1.165) is 48.1 Å². The summed E-state index contributed by atoms with van der Waals surface area (Å²) in [4.78, 5) is 17.6. The summed E-state index contributed by atoms with van der Waals surface area (Å²) in [7, 11) is -7.56. The van der Waals surface area contributed by atoms with Crippen LogP contribution in [0.3, 0.4) is 0 Å². The van der Waals surface area contributed by atoms with Gasteiger partial charge in [-0.15, -0.1) is 11.3 Å². The lowest BCUT2D eigenvalue weighted by Crippen LogP contribution is -2.47. The Bertz CT molecular complexity index is 1770. The van der Waals surface area contributed by atoms with E-state index < -0.39 is 52.4 Å². The van der Waals surface area contributed by atoms with Crippen LogP contribution >= 0.6 is 11.3 Å². The van der Waals surface area contributed by atoms with E-state index in [2.05, 4.69) is 15.2 Å². The predicted octanol–water partition coefficient (Wildman–Crippen LogP) is 2.94. The van der Waals surface area contributed by atoms with Crippen LogP contribution in [0.5, 0.6) is 0 Å². The SMILES string of the molecule is Cc1nc(C(N)(C(=O)Cc2ccc(S(C)(=O)=O)c(F)c2)c2cc[nH]n2)sc1-c1ccc(S(C)(=O)=O)c(F)c1. The number of carbonyl (C=O) groups is 1. The molecule has 0 aliphatic rings. The number of rotatable bonds is 8. The van der Waals surface area contributed by atoms with Crippen LogP contribution in [-0.4, -0.2) is 50.3 Å². The van der Waals surface area contributed by atoms with Crippen LogP contribution in [0.15, 0.2) is 58.5 Å². The van der Waals surface area contributed by atoms with Gasteiger partial charge in [0.2, 0.25) is 0 Å². The summed E-state index contributed by atoms with van der Waals surface area (Å²) in [6, 6.07) is 8.52. The lowest BCUT2D eigenvalue weighted by atomic mass is 9.88. The van der Waals surface area contributed by atoms with Crippen molar-refractivity contribution in [3.8, 4) is 10.4 Å². The molecule has 4 aromatic rings. The van der Waals surface area contributed by atoms with Gasteiger partial charge < -0.3 is 5.73 Å². The first-order valence-corrected chi connectivity index (χ1v) is 15.5. The summed E-state index contributed by atoms with van der Waals surface area (Å²) in [6.07, 6.45) is 2.88. The number of benzene rings is 2. The van der Waals surface area contributed by atoms with Gasteiger partial charge in [0.15, 0.2) is 31.0 Å². The highest BCUT2D eigenvalue weighted by atomic mass is 32.2. The zero-order valence-electron chi connectivity index (χ0n) is 20.3. The van der Waals surface area contributed by atoms with Gasteiger partial charge in [0.25, 0.3) is 0 Å². The molecular weight excluding hydrogens is 558 g/mol. The fraction of sp³-hybridized carbons (Fsp3) is 0.208. The Kier molecular flexibility index (Phi) is 7.12. The van der Waals surface area contributed by atoms with E-state index in [1.165, 1.54) is 24.4 Å². The zero-order chi connectivity index (χ0) is 28.0. The van der Waals surface area contributed by atoms with Crippen LogP contribution in [0.1, 0.15) is 22.0 Å². The summed E-state index contributed by atoms with van der Waals surface area (Å²) < 4.78 is 76.0. The molecule has 4 rings (SSSR count). The van der Waals surface area contributed by atoms with E-state index in [1.807, 2.05) is 0 Å². The van der Waals surface area contributed by atoms with E-state index in [0.29, 0.717) is 16.1 Å². The molecule has 0 amide bonds. The van der Waals surface area contributed by atoms with Crippen LogP contribution in [-0.2, 0) is 36.4 Å². The minimum absolute atomic E-state index is 0.128. The van der Waals surface area contributed by atoms with Gasteiger partial charge in [0.1, 0.15) is 26.4 Å². The number of nitrogens with zero attached hydrogens (tertiary/aromatic N) is 2. The number of Topliss-reactive ketones (excluding diaryl/α,β-unsaturated/α-hetero) is 1. The highest BCUT2D eigenvalue weighted by Gasteiger charge is 2.43. The van der Waals surface area contributed by atoms with Crippen molar-refractivity contribution in [3.05, 3.63) is 82.3 Å². The van der Waals surface area contributed by atoms with Gasteiger partial charge in [-0.05, 0) is 48.4 Å². The second kappa shape index (κ2) is 9.76. The van der Waals surface area contributed by atoms with Crippen molar-refractivity contribution in [2.45, 2.75) is 28.7 Å². The molecule has 9 nitrogen and oxygen atoms in total. The molecule has 0 aliphatic carbocycles. The third-order valence-electron chi connectivity index (χ3n) is 5.83. The second-order valence-electron chi connectivity index (χ2n) is 8.76. The van der Waals surface area contributed by atoms with E-state index in [4.69, 9.17) is 5.73 Å². The molecule has 200 valence electrons. The fourth-order valence-corrected chi connectivity index (χ4v) is 6.56. The summed E-state index contributed by atoms with van der Waals surface area (Å²) in [5, 5.41) is 6.80. The number of aromatic nitrogens is 3. The summed E-state index contributed by atoms with van der Waals surface area (Å²) in [5.74, 6) is -2.52. The third kappa shape index (κ3) is 5.16. The molecule has 0 saturated heterocycles. The second-order valence-corrected chi connectivity index (χ2v) is 13.7. The van der Waals surface area contributed by atoms with Crippen molar-refractivity contribution in [2.75, 3.05) is 12.5 Å². The first kappa shape index (κ1) is 27.7. The average molecular weight is 581 g/mol. The standard InChI is InChI=1S/C24H22F2N4O5S3/c1-13-22(15-5-7-19(17(26)12-15)38(3,34)35)36-23(29-13)24(27,20-8-9-28-30-20)21(31)11-14-4-6-18(16(25)10-14)37(2,32)33/h4-10,12H,11,27H2,1-3H3,(H,28,30). The Morgan fingerprint density at radius 1 is 1.00 bits per heavy atom. The molecule has 14 heteroatoms. The Morgan fingerprint density at radius 2 is 1.61 bits per heavy atom. The zero-order valence-corrected chi connectivity index (χ0v) is 22.8. The molecular formula is C24H22F2N4O5S3. The highest BCUT2D eigenvalue weighted by Crippen LogP contribution is 2.38. The fourth-order valence-electron chi connectivity index (χ4n) is 3.91. The smallest absolute Gasteiger partial charge is 0.178 e. The van der Waals surface area contributed by atoms with Gasteiger partial charge >= 0.3 is 0 Å². The number of thiazole rings is 1. The maximum atomic E-state index is 14.6. The van der Waals surface area contributed by atoms with E-state index in [-0.39, 0.29) is 22.7 Å². The number of nitrogens with one attached hydrogen (secondary N) is 1. The van der Waals surface area contributed by atoms with Crippen molar-refractivity contribution in [3.63, 3.8) is 0 Å². The number of H-pyrrole nitrogens is 1. The quantitative estimate of drug-likeness (QED) is 0.323. The molecule has 0 radical (unpaired) electrons. The molecule has 2 aromatic carbocycles. The molecule has 1 atom stereocenters. The van der Waals surface area contributed by atoms with Gasteiger partial charge in [-0.25, -0.2) is 30.6 Å². The van der Waals surface area contributed by atoms with Gasteiger partial charge in [-0.1, -0.05) is 12.1 Å². The maximum Gasteiger partial charge on any atom is 0.178 e. The lowest BCUT2D eigenvalue weighted by molar-refractivity contribution is -0.122. The number of ketones is 1. The predicted molar refractivity (Wildman–Crippen MR) is 137 cm³/mol. The Labute approximate surface area is 221 Å². The largest absolute Gasteiger partial charge is 0.308 e. The van der Waals surface area contributed by atoms with Gasteiger partial charge in [0.05, 0.1) is 16.3 Å². The average Bonchev–Trinajstić information content (AvgIpc) is 3.47. The Morgan fingerprint density at radius 3 is 2.13 bits per heavy atom. The van der Waals surface area contributed by atoms with Crippen molar-refractivity contribution in [2.24, 2.45) is 5.73 Å². The Hall–Kier alpha value is -3.33. The van der Waals surface area contributed by atoms with Crippen molar-refractivity contribution in [1.82, 2.24) is 15.2 Å². The number of hydrogen-bond donors (Lipinski definition) is 2. The van der Waals surface area contributed by atoms with Gasteiger partial charge in [-0.2, -0.15) is 5.10 Å². The molecule has 38 heavy (non-hydrogen) atoms. The van der Waals surface area contributed by atoms with Gasteiger partial charge in [0, 0.05) is 25.1 Å². The highest BCUT2D eigenvalue weighted by molar-refractivity contribution is 7.91. The number of aromatic amines is 1. The topological polar surface area (TPSA) is 153 Å². The Balaban J connectivity index is 1.76. The summed E-state index contributed by atoms with van der Waals surface area (Å²) >= 11 is 1.01. The minimum atomic E-state index is -3.80. The normalized spacial score (nSPS) is 13.8. The number of halogens is 2. The molecule has 0 spiro atoms. The van der Waals surface area contributed by atoms with Crippen molar-refractivity contribution < 1.29 is 30.4 Å². The number of carbonyl (C=O) groups excluding carboxylic acids is 1. The molecule has 0 saturated carbocycles. The van der Waals surface area contributed by atoms with Crippen molar-refractivity contribution >= 4 is 36.8 Å². The van der Waals surface area contributed by atoms with E-state index in [1.54, 1.807) is 6.92 Å². The minimum Gasteiger partial charge on any atom is -0.308 e. The first-order valence-electron chi connectivity index (χ1n) is 10.9. The molecule has 2 aromatic heterocycles. The van der Waals surface area contributed by atoms with Crippen molar-refractivity contribution in [1.29, 1.82) is 0 Å². The van der Waals surface area contributed by atoms with E-state index in [9.17, 15) is 30.4 Å². The molecule has 0 bridgehead atoms. The van der Waals surface area contributed by atoms with Crippen LogP contribution in [0.4, 0.5) is 8.78 Å². The lowest BCUT2D eigenvalue weighted by Gasteiger charge is -2.24. The monoisotopic (exact) mass is 580 g/mol. The van der Waals surface area contributed by atoms with Crippen LogP contribution in [0, 0.1) is 18.6 Å². The molecule has 1 unspecified atom stereocenters. The summed E-state index contributed by atoms with van der Waals surface area (Å²) in [6.45, 7) is 1.63. The number of aryl methyl sites for hydroxylation is 1. The first-order chi connectivity index (χ1) is 17.6. The number of hydrogen-bond acceptors (Lipinski definition) is 9. The van der Waals surface area contributed by atoms with E-state index >= 15 is 0 Å². The maximum absolute atomic E-state index is 14.6. The summed E-state index contributed by atoms with van der Waals surface area (Å²) in [5.41, 5.74) is 5.85. The third-order valence-corrected chi connectivity index (χ3v) is 9.43.